The van der Waals surface area contributed by atoms with Crippen LogP contribution in [0.1, 0.15) is 103 Å². The molecule has 0 unspecified atom stereocenters. The highest BCUT2D eigenvalue weighted by molar-refractivity contribution is 5.81. The highest BCUT2D eigenvalue weighted by Crippen LogP contribution is 2.13. The lowest BCUT2D eigenvalue weighted by molar-refractivity contribution is -0.138. The van der Waals surface area contributed by atoms with E-state index in [1.54, 1.807) is 0 Å². The second kappa shape index (κ2) is 20.0. The van der Waals surface area contributed by atoms with Gasteiger partial charge >= 0.3 is 5.97 Å². The molecule has 0 radical (unpaired) electrons. The number of amides is 1. The average Bonchev–Trinajstić information content (AvgIpc) is 2.65. The topological polar surface area (TPSA) is 55.4 Å². The van der Waals surface area contributed by atoms with Crippen LogP contribution in [0.5, 0.6) is 0 Å². The van der Waals surface area contributed by atoms with Crippen molar-refractivity contribution in [2.75, 3.05) is 13.2 Å². The van der Waals surface area contributed by atoms with Crippen molar-refractivity contribution in [2.24, 2.45) is 0 Å². The Morgan fingerprint density at radius 3 is 1.73 bits per heavy atom. The van der Waals surface area contributed by atoms with E-state index in [2.05, 4.69) is 18.8 Å². The highest BCUT2D eigenvalue weighted by Gasteiger charge is 2.01. The third-order valence-electron chi connectivity index (χ3n) is 4.59. The zero-order chi connectivity index (χ0) is 19.3. The molecule has 1 N–H and O–H groups in total. The van der Waals surface area contributed by atoms with E-state index in [0.717, 1.165) is 18.9 Å². The SMILES string of the molecule is C=CC(=O)OCCNC(=O)CCCCCCCCCCCCCCCC. The number of ether oxygens (including phenoxy) is 1. The molecule has 0 fully saturated rings. The Balaban J connectivity index is 3.17. The Morgan fingerprint density at radius 2 is 1.27 bits per heavy atom. The molecule has 0 saturated carbocycles. The van der Waals surface area contributed by atoms with E-state index in [1.807, 2.05) is 0 Å². The molecule has 0 aromatic carbocycles. The fourth-order valence-corrected chi connectivity index (χ4v) is 2.97. The lowest BCUT2D eigenvalue weighted by Gasteiger charge is -2.06. The Labute approximate surface area is 161 Å². The predicted octanol–water partition coefficient (Wildman–Crippen LogP) is 5.70. The van der Waals surface area contributed by atoms with Crippen molar-refractivity contribution in [1.82, 2.24) is 5.32 Å². The predicted molar refractivity (Wildman–Crippen MR) is 109 cm³/mol. The first-order chi connectivity index (χ1) is 12.7. The van der Waals surface area contributed by atoms with Gasteiger partial charge in [-0.3, -0.25) is 4.79 Å². The molecule has 0 saturated heterocycles. The van der Waals surface area contributed by atoms with E-state index in [1.165, 1.54) is 77.0 Å². The second-order valence-electron chi connectivity index (χ2n) is 7.07. The van der Waals surface area contributed by atoms with Crippen LogP contribution in [-0.4, -0.2) is 25.0 Å². The quantitative estimate of drug-likeness (QED) is 0.181. The highest BCUT2D eigenvalue weighted by atomic mass is 16.5. The van der Waals surface area contributed by atoms with Crippen LogP contribution in [0.25, 0.3) is 0 Å². The van der Waals surface area contributed by atoms with Crippen LogP contribution in [-0.2, 0) is 14.3 Å². The van der Waals surface area contributed by atoms with Crippen LogP contribution >= 0.6 is 0 Å². The number of nitrogens with one attached hydrogen (secondary N) is 1. The molecule has 0 bridgehead atoms. The van der Waals surface area contributed by atoms with E-state index >= 15 is 0 Å². The summed E-state index contributed by atoms with van der Waals surface area (Å²) in [5, 5.41) is 2.76. The van der Waals surface area contributed by atoms with Gasteiger partial charge in [-0.15, -0.1) is 0 Å². The Hall–Kier alpha value is -1.32. The first-order valence-corrected chi connectivity index (χ1v) is 10.8. The van der Waals surface area contributed by atoms with Crippen LogP contribution in [0, 0.1) is 0 Å². The normalized spacial score (nSPS) is 10.5. The number of rotatable bonds is 19. The van der Waals surface area contributed by atoms with E-state index in [4.69, 9.17) is 4.74 Å². The van der Waals surface area contributed by atoms with Gasteiger partial charge in [-0.25, -0.2) is 4.79 Å². The van der Waals surface area contributed by atoms with E-state index in [9.17, 15) is 9.59 Å². The molecule has 0 aromatic heterocycles. The summed E-state index contributed by atoms with van der Waals surface area (Å²) in [6.07, 6.45) is 20.1. The summed E-state index contributed by atoms with van der Waals surface area (Å²) in [5.41, 5.74) is 0. The number of esters is 1. The maximum absolute atomic E-state index is 11.6. The molecule has 0 aliphatic carbocycles. The molecular formula is C22H41NO3. The zero-order valence-corrected chi connectivity index (χ0v) is 17.0. The summed E-state index contributed by atoms with van der Waals surface area (Å²) in [7, 11) is 0. The zero-order valence-electron chi connectivity index (χ0n) is 17.0. The van der Waals surface area contributed by atoms with Crippen molar-refractivity contribution in [1.29, 1.82) is 0 Å². The van der Waals surface area contributed by atoms with Gasteiger partial charge in [-0.05, 0) is 6.42 Å². The Morgan fingerprint density at radius 1 is 0.808 bits per heavy atom. The first-order valence-electron chi connectivity index (χ1n) is 10.8. The summed E-state index contributed by atoms with van der Waals surface area (Å²) in [6.45, 7) is 6.16. The molecule has 4 nitrogen and oxygen atoms in total. The number of carbonyl (C=O) groups excluding carboxylic acids is 2. The van der Waals surface area contributed by atoms with Gasteiger partial charge < -0.3 is 10.1 Å². The van der Waals surface area contributed by atoms with Crippen LogP contribution in [0.15, 0.2) is 12.7 Å². The molecule has 0 atom stereocenters. The molecule has 4 heteroatoms. The lowest BCUT2D eigenvalue weighted by Crippen LogP contribution is -2.27. The molecule has 0 aliphatic heterocycles. The van der Waals surface area contributed by atoms with Gasteiger partial charge in [0.1, 0.15) is 6.61 Å². The largest absolute Gasteiger partial charge is 0.461 e. The molecule has 0 aliphatic rings. The Bertz CT molecular complexity index is 355. The van der Waals surface area contributed by atoms with Crippen molar-refractivity contribution >= 4 is 11.9 Å². The molecule has 0 rings (SSSR count). The average molecular weight is 368 g/mol. The summed E-state index contributed by atoms with van der Waals surface area (Å²) in [6, 6.07) is 0. The van der Waals surface area contributed by atoms with E-state index < -0.39 is 5.97 Å². The van der Waals surface area contributed by atoms with Crippen LogP contribution in [0.4, 0.5) is 0 Å². The van der Waals surface area contributed by atoms with Crippen molar-refractivity contribution < 1.29 is 14.3 Å². The molecular weight excluding hydrogens is 326 g/mol. The number of hydrogen-bond acceptors (Lipinski definition) is 3. The number of unbranched alkanes of at least 4 members (excludes halogenated alkanes) is 13. The van der Waals surface area contributed by atoms with Crippen LogP contribution < -0.4 is 5.32 Å². The van der Waals surface area contributed by atoms with Gasteiger partial charge in [0.05, 0.1) is 6.54 Å². The van der Waals surface area contributed by atoms with Crippen LogP contribution in [0.2, 0.25) is 0 Å². The molecule has 0 spiro atoms. The lowest BCUT2D eigenvalue weighted by atomic mass is 10.0. The molecule has 0 aromatic rings. The van der Waals surface area contributed by atoms with E-state index in [-0.39, 0.29) is 12.5 Å². The standard InChI is InChI=1S/C22H41NO3/c1-3-5-6-7-8-9-10-11-12-13-14-15-16-17-18-21(24)23-19-20-26-22(25)4-2/h4H,2-3,5-20H2,1H3,(H,23,24). The monoisotopic (exact) mass is 367 g/mol. The molecule has 0 heterocycles. The summed E-state index contributed by atoms with van der Waals surface area (Å²) in [4.78, 5) is 22.4. The minimum atomic E-state index is -0.453. The number of hydrogen-bond donors (Lipinski definition) is 1. The van der Waals surface area contributed by atoms with Gasteiger partial charge in [0.2, 0.25) is 5.91 Å². The maximum Gasteiger partial charge on any atom is 0.330 e. The number of carbonyl (C=O) groups is 2. The second-order valence-corrected chi connectivity index (χ2v) is 7.07. The summed E-state index contributed by atoms with van der Waals surface area (Å²) < 4.78 is 4.80. The van der Waals surface area contributed by atoms with Crippen molar-refractivity contribution in [3.05, 3.63) is 12.7 Å². The van der Waals surface area contributed by atoms with E-state index in [0.29, 0.717) is 13.0 Å². The minimum Gasteiger partial charge on any atom is -0.461 e. The summed E-state index contributed by atoms with van der Waals surface area (Å²) in [5.74, 6) is -0.412. The van der Waals surface area contributed by atoms with Gasteiger partial charge in [0.15, 0.2) is 0 Å². The van der Waals surface area contributed by atoms with Crippen molar-refractivity contribution in [3.63, 3.8) is 0 Å². The molecule has 26 heavy (non-hydrogen) atoms. The van der Waals surface area contributed by atoms with Gasteiger partial charge in [0.25, 0.3) is 0 Å². The third-order valence-corrected chi connectivity index (χ3v) is 4.59. The first kappa shape index (κ1) is 24.7. The van der Waals surface area contributed by atoms with Crippen molar-refractivity contribution in [3.8, 4) is 0 Å². The van der Waals surface area contributed by atoms with Crippen molar-refractivity contribution in [2.45, 2.75) is 103 Å². The minimum absolute atomic E-state index is 0.0404. The molecule has 152 valence electrons. The third kappa shape index (κ3) is 19.0. The van der Waals surface area contributed by atoms with Gasteiger partial charge in [-0.1, -0.05) is 97.0 Å². The smallest absolute Gasteiger partial charge is 0.330 e. The fraction of sp³-hybridized carbons (Fsp3) is 0.818. The van der Waals surface area contributed by atoms with Crippen LogP contribution in [0.3, 0.4) is 0 Å². The van der Waals surface area contributed by atoms with Gasteiger partial charge in [0, 0.05) is 12.5 Å². The molecule has 1 amide bonds. The van der Waals surface area contributed by atoms with Gasteiger partial charge in [-0.2, -0.15) is 0 Å². The Kier molecular flexibility index (Phi) is 19.0. The maximum atomic E-state index is 11.6. The fourth-order valence-electron chi connectivity index (χ4n) is 2.97. The summed E-state index contributed by atoms with van der Waals surface area (Å²) >= 11 is 0.